The molecule has 0 aromatic heterocycles. The van der Waals surface area contributed by atoms with Crippen LogP contribution in [0.25, 0.3) is 0 Å². The molecule has 0 amide bonds. The predicted molar refractivity (Wildman–Crippen MR) is 61.1 cm³/mol. The van der Waals surface area contributed by atoms with Crippen molar-refractivity contribution in [1.29, 1.82) is 0 Å². The average molecular weight is 219 g/mol. The fourth-order valence-corrected chi connectivity index (χ4v) is 1.07. The van der Waals surface area contributed by atoms with Gasteiger partial charge in [0.2, 0.25) is 0 Å². The topological polar surface area (TPSA) is 69.6 Å². The highest BCUT2D eigenvalue weighted by molar-refractivity contribution is 5.77. The van der Waals surface area contributed by atoms with E-state index < -0.39 is 11.6 Å². The Morgan fingerprint density at radius 2 is 2.31 bits per heavy atom. The molecule has 0 aliphatic rings. The number of rotatable bonds is 4. The van der Waals surface area contributed by atoms with Crippen molar-refractivity contribution >= 4 is 11.7 Å². The number of aliphatic carboxylic acids is 1. The molecule has 3 N–H and O–H groups in total. The number of aliphatic hydroxyl groups is 1. The van der Waals surface area contributed by atoms with Crippen molar-refractivity contribution in [3.05, 3.63) is 29.8 Å². The van der Waals surface area contributed by atoms with Crippen molar-refractivity contribution in [2.24, 2.45) is 0 Å². The summed E-state index contributed by atoms with van der Waals surface area (Å²) >= 11 is 0. The quantitative estimate of drug-likeness (QED) is 0.658. The molecular weight excluding hydrogens is 206 g/mol. The van der Waals surface area contributed by atoms with Crippen LogP contribution in [-0.4, -0.2) is 28.3 Å². The Labute approximate surface area is 93.9 Å². The Bertz CT molecular complexity index is 432. The van der Waals surface area contributed by atoms with Gasteiger partial charge in [-0.05, 0) is 25.1 Å². The van der Waals surface area contributed by atoms with Gasteiger partial charge < -0.3 is 15.5 Å². The summed E-state index contributed by atoms with van der Waals surface area (Å²) in [6, 6.07) is 6.98. The van der Waals surface area contributed by atoms with Crippen molar-refractivity contribution in [3.8, 4) is 12.3 Å². The molecule has 0 aliphatic carbocycles. The molecule has 16 heavy (non-hydrogen) atoms. The van der Waals surface area contributed by atoms with Crippen LogP contribution in [0.5, 0.6) is 0 Å². The first-order valence-corrected chi connectivity index (χ1v) is 4.72. The van der Waals surface area contributed by atoms with E-state index in [2.05, 4.69) is 11.2 Å². The summed E-state index contributed by atoms with van der Waals surface area (Å²) in [5.41, 5.74) is -0.427. The van der Waals surface area contributed by atoms with E-state index in [0.29, 0.717) is 11.3 Å². The van der Waals surface area contributed by atoms with Crippen LogP contribution in [0.2, 0.25) is 0 Å². The number of hydrogen-bond acceptors (Lipinski definition) is 3. The van der Waals surface area contributed by atoms with E-state index in [4.69, 9.17) is 11.5 Å². The van der Waals surface area contributed by atoms with Crippen molar-refractivity contribution < 1.29 is 15.0 Å². The third-order valence-electron chi connectivity index (χ3n) is 2.13. The molecule has 4 heteroatoms. The lowest BCUT2D eigenvalue weighted by molar-refractivity contribution is -0.155. The van der Waals surface area contributed by atoms with E-state index >= 15 is 0 Å². The molecule has 84 valence electrons. The van der Waals surface area contributed by atoms with Gasteiger partial charge in [0.15, 0.2) is 5.60 Å². The van der Waals surface area contributed by atoms with Gasteiger partial charge in [-0.1, -0.05) is 12.0 Å². The van der Waals surface area contributed by atoms with Crippen LogP contribution in [0.1, 0.15) is 12.5 Å². The minimum Gasteiger partial charge on any atom is -0.479 e. The fourth-order valence-electron chi connectivity index (χ4n) is 1.07. The van der Waals surface area contributed by atoms with Crippen molar-refractivity contribution in [3.63, 3.8) is 0 Å². The van der Waals surface area contributed by atoms with Crippen LogP contribution in [0.4, 0.5) is 5.69 Å². The predicted octanol–water partition coefficient (Wildman–Crippen LogP) is 0.915. The minimum atomic E-state index is -1.80. The van der Waals surface area contributed by atoms with E-state index in [9.17, 15) is 9.90 Å². The molecule has 1 aromatic carbocycles. The van der Waals surface area contributed by atoms with Crippen LogP contribution in [0.3, 0.4) is 0 Å². The lowest BCUT2D eigenvalue weighted by atomic mass is 10.1. The summed E-state index contributed by atoms with van der Waals surface area (Å²) in [7, 11) is 0. The van der Waals surface area contributed by atoms with E-state index in [1.165, 1.54) is 6.92 Å². The zero-order valence-corrected chi connectivity index (χ0v) is 8.90. The van der Waals surface area contributed by atoms with Gasteiger partial charge in [0.25, 0.3) is 0 Å². The molecule has 0 heterocycles. The summed E-state index contributed by atoms with van der Waals surface area (Å²) in [6.45, 7) is 1.14. The van der Waals surface area contributed by atoms with Crippen LogP contribution < -0.4 is 5.32 Å². The SMILES string of the molecule is C#Cc1cccc(NCC(C)(O)C(=O)O)c1. The first-order valence-electron chi connectivity index (χ1n) is 4.72. The molecule has 1 atom stereocenters. The van der Waals surface area contributed by atoms with Crippen molar-refractivity contribution in [2.75, 3.05) is 11.9 Å². The average Bonchev–Trinajstić information content (AvgIpc) is 2.26. The molecule has 1 aromatic rings. The minimum absolute atomic E-state index is 0.0869. The van der Waals surface area contributed by atoms with Gasteiger partial charge in [0, 0.05) is 11.3 Å². The highest BCUT2D eigenvalue weighted by atomic mass is 16.4. The standard InChI is InChI=1S/C12H13NO3/c1-3-9-5-4-6-10(7-9)13-8-12(2,16)11(14)15/h1,4-7,13,16H,8H2,2H3,(H,14,15). The molecule has 0 saturated carbocycles. The van der Waals surface area contributed by atoms with Gasteiger partial charge in [0.05, 0.1) is 6.54 Å². The molecule has 0 aliphatic heterocycles. The zero-order chi connectivity index (χ0) is 12.2. The second-order valence-corrected chi connectivity index (χ2v) is 3.66. The Morgan fingerprint density at radius 3 is 2.88 bits per heavy atom. The van der Waals surface area contributed by atoms with E-state index in [-0.39, 0.29) is 6.54 Å². The Kier molecular flexibility index (Phi) is 3.54. The van der Waals surface area contributed by atoms with Gasteiger partial charge in [-0.3, -0.25) is 0 Å². The second kappa shape index (κ2) is 4.69. The summed E-state index contributed by atoms with van der Waals surface area (Å²) in [5.74, 6) is 1.20. The maximum absolute atomic E-state index is 10.6. The van der Waals surface area contributed by atoms with Crippen LogP contribution in [-0.2, 0) is 4.79 Å². The van der Waals surface area contributed by atoms with Crippen LogP contribution in [0.15, 0.2) is 24.3 Å². The number of terminal acetylenes is 1. The number of nitrogens with one attached hydrogen (secondary N) is 1. The van der Waals surface area contributed by atoms with Gasteiger partial charge >= 0.3 is 5.97 Å². The van der Waals surface area contributed by atoms with Crippen molar-refractivity contribution in [1.82, 2.24) is 0 Å². The lowest BCUT2D eigenvalue weighted by Gasteiger charge is -2.19. The molecule has 4 nitrogen and oxygen atoms in total. The molecule has 0 radical (unpaired) electrons. The summed E-state index contributed by atoms with van der Waals surface area (Å²) in [5, 5.41) is 21.0. The number of carboxylic acids is 1. The molecular formula is C12H13NO3. The number of carbonyl (C=O) groups is 1. The second-order valence-electron chi connectivity index (χ2n) is 3.66. The largest absolute Gasteiger partial charge is 0.479 e. The highest BCUT2D eigenvalue weighted by Crippen LogP contribution is 2.12. The molecule has 1 unspecified atom stereocenters. The monoisotopic (exact) mass is 219 g/mol. The number of anilines is 1. The first kappa shape index (κ1) is 12.1. The summed E-state index contributed by atoms with van der Waals surface area (Å²) in [6.07, 6.45) is 5.23. The van der Waals surface area contributed by atoms with Gasteiger partial charge in [-0.25, -0.2) is 4.79 Å². The molecule has 0 fully saturated rings. The fraction of sp³-hybridized carbons (Fsp3) is 0.250. The maximum Gasteiger partial charge on any atom is 0.337 e. The molecule has 0 spiro atoms. The van der Waals surface area contributed by atoms with E-state index in [1.54, 1.807) is 24.3 Å². The Morgan fingerprint density at radius 1 is 1.62 bits per heavy atom. The maximum atomic E-state index is 10.6. The smallest absolute Gasteiger partial charge is 0.337 e. The highest BCUT2D eigenvalue weighted by Gasteiger charge is 2.29. The first-order chi connectivity index (χ1) is 7.45. The van der Waals surface area contributed by atoms with Gasteiger partial charge in [0.1, 0.15) is 0 Å². The summed E-state index contributed by atoms with van der Waals surface area (Å²) < 4.78 is 0. The molecule has 1 rings (SSSR count). The number of benzene rings is 1. The number of carboxylic acid groups (broad SMARTS) is 1. The van der Waals surface area contributed by atoms with Crippen LogP contribution >= 0.6 is 0 Å². The Hall–Kier alpha value is -1.99. The third-order valence-corrected chi connectivity index (χ3v) is 2.13. The number of hydrogen-bond donors (Lipinski definition) is 3. The van der Waals surface area contributed by atoms with Crippen molar-refractivity contribution in [2.45, 2.75) is 12.5 Å². The Balaban J connectivity index is 2.69. The molecule has 0 bridgehead atoms. The van der Waals surface area contributed by atoms with Gasteiger partial charge in [-0.2, -0.15) is 0 Å². The summed E-state index contributed by atoms with van der Waals surface area (Å²) in [4.78, 5) is 10.6. The molecule has 0 saturated heterocycles. The van der Waals surface area contributed by atoms with E-state index in [0.717, 1.165) is 0 Å². The zero-order valence-electron chi connectivity index (χ0n) is 8.90. The van der Waals surface area contributed by atoms with Gasteiger partial charge in [-0.15, -0.1) is 6.42 Å². The third kappa shape index (κ3) is 3.01. The normalized spacial score (nSPS) is 13.6. The lowest BCUT2D eigenvalue weighted by Crippen LogP contribution is -2.41. The van der Waals surface area contributed by atoms with Crippen LogP contribution in [0, 0.1) is 12.3 Å². The van der Waals surface area contributed by atoms with E-state index in [1.807, 2.05) is 0 Å².